The molecule has 1 aliphatic rings. The van der Waals surface area contributed by atoms with E-state index in [1.165, 1.54) is 6.07 Å². The molecule has 1 amide bonds. The van der Waals surface area contributed by atoms with Gasteiger partial charge in [0.05, 0.1) is 17.9 Å². The van der Waals surface area contributed by atoms with E-state index in [0.29, 0.717) is 43.3 Å². The van der Waals surface area contributed by atoms with E-state index >= 15 is 0 Å². The summed E-state index contributed by atoms with van der Waals surface area (Å²) in [5.41, 5.74) is 5.15. The Morgan fingerprint density at radius 3 is 2.62 bits per heavy atom. The van der Waals surface area contributed by atoms with Crippen molar-refractivity contribution in [2.24, 2.45) is 5.73 Å². The number of hydrogen-bond acceptors (Lipinski definition) is 8. The predicted octanol–water partition coefficient (Wildman–Crippen LogP) is 2.52. The number of phenols is 1. The highest BCUT2D eigenvalue weighted by Gasteiger charge is 2.31. The molecule has 1 saturated heterocycles. The fourth-order valence-corrected chi connectivity index (χ4v) is 3.64. The highest BCUT2D eigenvalue weighted by molar-refractivity contribution is 5.76. The average Bonchev–Trinajstić information content (AvgIpc) is 2.77. The van der Waals surface area contributed by atoms with E-state index in [0.717, 1.165) is 6.07 Å². The molecule has 0 spiro atoms. The number of nitrogens with two attached hydrogens (primary N) is 1. The van der Waals surface area contributed by atoms with Gasteiger partial charge in [-0.1, -0.05) is 0 Å². The van der Waals surface area contributed by atoms with Gasteiger partial charge in [-0.05, 0) is 56.0 Å². The van der Waals surface area contributed by atoms with Crippen molar-refractivity contribution in [3.63, 3.8) is 0 Å². The Morgan fingerprint density at radius 1 is 1.26 bits per heavy atom. The molecule has 1 aromatic heterocycles. The molecule has 12 heteroatoms. The summed E-state index contributed by atoms with van der Waals surface area (Å²) in [5.74, 6) is -0.883. The number of phenolic OH excluding ortho intramolecular Hbond substituents is 1. The Labute approximate surface area is 193 Å². The molecule has 5 N–H and O–H groups in total. The summed E-state index contributed by atoms with van der Waals surface area (Å²) in [4.78, 5) is 22.8. The summed E-state index contributed by atoms with van der Waals surface area (Å²) >= 11 is 0. The van der Waals surface area contributed by atoms with E-state index in [2.05, 4.69) is 20.8 Å². The van der Waals surface area contributed by atoms with Gasteiger partial charge >= 0.3 is 12.1 Å². The smallest absolute Gasteiger partial charge is 0.416 e. The van der Waals surface area contributed by atoms with Crippen LogP contribution in [0.1, 0.15) is 36.8 Å². The van der Waals surface area contributed by atoms with Crippen molar-refractivity contribution in [2.75, 3.05) is 18.5 Å². The Morgan fingerprint density at radius 2 is 2.03 bits per heavy atom. The molecular formula is C22H26F3N5O4. The van der Waals surface area contributed by atoms with Gasteiger partial charge in [0, 0.05) is 24.6 Å². The summed E-state index contributed by atoms with van der Waals surface area (Å²) in [6.45, 7) is 2.33. The van der Waals surface area contributed by atoms with Gasteiger partial charge in [-0.25, -0.2) is 0 Å². The highest BCUT2D eigenvalue weighted by Crippen LogP contribution is 2.36. The maximum absolute atomic E-state index is 12.8. The van der Waals surface area contributed by atoms with Crippen LogP contribution in [0.2, 0.25) is 0 Å². The van der Waals surface area contributed by atoms with Gasteiger partial charge in [0.2, 0.25) is 5.91 Å². The number of rotatable bonds is 8. The molecule has 2 atom stereocenters. The van der Waals surface area contributed by atoms with Crippen LogP contribution < -0.4 is 16.4 Å². The molecule has 9 nitrogen and oxygen atoms in total. The number of aromatic nitrogens is 2. The van der Waals surface area contributed by atoms with Crippen LogP contribution in [0.15, 0.2) is 24.3 Å². The highest BCUT2D eigenvalue weighted by atomic mass is 19.4. The summed E-state index contributed by atoms with van der Waals surface area (Å²) in [6.07, 6.45) is -2.81. The first-order valence-electron chi connectivity index (χ1n) is 10.7. The Hall–Kier alpha value is -3.41. The van der Waals surface area contributed by atoms with Crippen molar-refractivity contribution in [3.8, 4) is 17.0 Å². The standard InChI is InChI=1S/C22H26F3N5O4/c1-12-9-19(29-30-20(12)15-6-4-13(10-17(15)31)22(23,24)25)28-14-5-7-16(27-11-14)21(33)34-8-2-3-18(26)32/h4,6,9-10,14,16,27,31H,2-3,5,7-8,11H2,1H3,(H2,26,32)(H,28,29)/t14-,16+/m1/s1. The van der Waals surface area contributed by atoms with Gasteiger partial charge < -0.3 is 26.2 Å². The zero-order valence-corrected chi connectivity index (χ0v) is 18.5. The SMILES string of the molecule is Cc1cc(N[C@@H]2CC[C@@H](C(=O)OCCCC(N)=O)NC2)nnc1-c1ccc(C(F)(F)F)cc1O. The van der Waals surface area contributed by atoms with Crippen LogP contribution in [0.3, 0.4) is 0 Å². The number of nitrogens with zero attached hydrogens (tertiary/aromatic N) is 2. The van der Waals surface area contributed by atoms with Crippen LogP contribution in [0.25, 0.3) is 11.3 Å². The quantitative estimate of drug-likeness (QED) is 0.333. The lowest BCUT2D eigenvalue weighted by Crippen LogP contribution is -2.49. The first-order chi connectivity index (χ1) is 16.0. The van der Waals surface area contributed by atoms with Gasteiger partial charge in [-0.3, -0.25) is 9.59 Å². The summed E-state index contributed by atoms with van der Waals surface area (Å²) < 4.78 is 43.6. The zero-order valence-electron chi connectivity index (χ0n) is 18.5. The van der Waals surface area contributed by atoms with Crippen LogP contribution in [0.5, 0.6) is 5.75 Å². The molecule has 1 aromatic carbocycles. The second-order valence-electron chi connectivity index (χ2n) is 8.11. The van der Waals surface area contributed by atoms with Crippen molar-refractivity contribution in [3.05, 3.63) is 35.4 Å². The van der Waals surface area contributed by atoms with Crippen LogP contribution >= 0.6 is 0 Å². The molecule has 0 unspecified atom stereocenters. The second kappa shape index (κ2) is 10.7. The molecule has 2 heterocycles. The number of carbonyl (C=O) groups is 2. The molecule has 0 bridgehead atoms. The van der Waals surface area contributed by atoms with Crippen LogP contribution in [0.4, 0.5) is 19.0 Å². The number of piperidine rings is 1. The summed E-state index contributed by atoms with van der Waals surface area (Å²) in [6, 6.07) is 3.94. The number of alkyl halides is 3. The van der Waals surface area contributed by atoms with Gasteiger partial charge in [-0.15, -0.1) is 10.2 Å². The lowest BCUT2D eigenvalue weighted by Gasteiger charge is -2.29. The molecule has 3 rings (SSSR count). The number of nitrogens with one attached hydrogen (secondary N) is 2. The van der Waals surface area contributed by atoms with Crippen LogP contribution in [-0.4, -0.2) is 52.4 Å². The molecule has 2 aromatic rings. The summed E-state index contributed by atoms with van der Waals surface area (Å²) in [7, 11) is 0. The zero-order chi connectivity index (χ0) is 24.9. The monoisotopic (exact) mass is 481 g/mol. The Balaban J connectivity index is 1.55. The van der Waals surface area contributed by atoms with Crippen molar-refractivity contribution in [1.82, 2.24) is 15.5 Å². The minimum atomic E-state index is -4.56. The van der Waals surface area contributed by atoms with E-state index in [4.69, 9.17) is 10.5 Å². The fourth-order valence-electron chi connectivity index (χ4n) is 3.64. The van der Waals surface area contributed by atoms with Gasteiger partial charge in [0.15, 0.2) is 0 Å². The van der Waals surface area contributed by atoms with Gasteiger partial charge in [-0.2, -0.15) is 13.2 Å². The number of aromatic hydroxyl groups is 1. The number of aryl methyl sites for hydroxylation is 1. The number of carbonyl (C=O) groups excluding carboxylic acids is 2. The first kappa shape index (κ1) is 25.2. The largest absolute Gasteiger partial charge is 0.507 e. The van der Waals surface area contributed by atoms with Crippen molar-refractivity contribution in [1.29, 1.82) is 0 Å². The number of esters is 1. The normalized spacial score (nSPS) is 18.4. The molecule has 1 aliphatic heterocycles. The second-order valence-corrected chi connectivity index (χ2v) is 8.11. The van der Waals surface area contributed by atoms with Crippen LogP contribution in [0, 0.1) is 6.92 Å². The van der Waals surface area contributed by atoms with E-state index in [9.17, 15) is 27.9 Å². The molecule has 34 heavy (non-hydrogen) atoms. The molecule has 1 fully saturated rings. The Kier molecular flexibility index (Phi) is 7.92. The lowest BCUT2D eigenvalue weighted by molar-refractivity contribution is -0.147. The topological polar surface area (TPSA) is 139 Å². The minimum Gasteiger partial charge on any atom is -0.507 e. The van der Waals surface area contributed by atoms with Gasteiger partial charge in [0.25, 0.3) is 0 Å². The third kappa shape index (κ3) is 6.56. The predicted molar refractivity (Wildman–Crippen MR) is 117 cm³/mol. The van der Waals surface area contributed by atoms with E-state index in [1.54, 1.807) is 13.0 Å². The number of benzene rings is 1. The number of amides is 1. The number of anilines is 1. The summed E-state index contributed by atoms with van der Waals surface area (Å²) in [5, 5.41) is 24.6. The fraction of sp³-hybridized carbons (Fsp3) is 0.455. The number of ether oxygens (including phenoxy) is 1. The van der Waals surface area contributed by atoms with Gasteiger partial charge in [0.1, 0.15) is 17.6 Å². The molecule has 0 saturated carbocycles. The van der Waals surface area contributed by atoms with E-state index in [-0.39, 0.29) is 36.3 Å². The average molecular weight is 481 g/mol. The van der Waals surface area contributed by atoms with Crippen LogP contribution in [-0.2, 0) is 20.5 Å². The third-order valence-corrected chi connectivity index (χ3v) is 5.43. The molecular weight excluding hydrogens is 455 g/mol. The Bertz CT molecular complexity index is 1040. The first-order valence-corrected chi connectivity index (χ1v) is 10.7. The van der Waals surface area contributed by atoms with Crippen molar-refractivity contribution >= 4 is 17.7 Å². The van der Waals surface area contributed by atoms with Crippen molar-refractivity contribution in [2.45, 2.75) is 50.9 Å². The third-order valence-electron chi connectivity index (χ3n) is 5.43. The molecule has 0 aliphatic carbocycles. The number of primary amides is 1. The van der Waals surface area contributed by atoms with Crippen molar-refractivity contribution < 1.29 is 32.6 Å². The minimum absolute atomic E-state index is 0.0297. The molecule has 184 valence electrons. The lowest BCUT2D eigenvalue weighted by atomic mass is 10.0. The van der Waals surface area contributed by atoms with E-state index < -0.39 is 29.4 Å². The maximum Gasteiger partial charge on any atom is 0.416 e. The number of hydrogen-bond donors (Lipinski definition) is 4. The molecule has 0 radical (unpaired) electrons. The maximum atomic E-state index is 12.8. The van der Waals surface area contributed by atoms with E-state index in [1.807, 2.05) is 0 Å². The number of halogens is 3.